The fourth-order valence-corrected chi connectivity index (χ4v) is 6.84. The molecule has 45 heavy (non-hydrogen) atoms. The number of hydrogen-bond donors (Lipinski definition) is 1. The van der Waals surface area contributed by atoms with Gasteiger partial charge >= 0.3 is 11.9 Å². The Hall–Kier alpha value is -2.18. The Kier molecular flexibility index (Phi) is 13.3. The van der Waals surface area contributed by atoms with Gasteiger partial charge in [0.2, 0.25) is 0 Å². The summed E-state index contributed by atoms with van der Waals surface area (Å²) in [7, 11) is 3.79. The van der Waals surface area contributed by atoms with Crippen molar-refractivity contribution in [2.24, 2.45) is 23.7 Å². The summed E-state index contributed by atoms with van der Waals surface area (Å²) in [4.78, 5) is 53.0. The van der Waals surface area contributed by atoms with Crippen LogP contribution in [0.25, 0.3) is 0 Å². The maximum atomic E-state index is 13.3. The third-order valence-electron chi connectivity index (χ3n) is 9.82. The molecule has 9 unspecified atom stereocenters. The molecule has 256 valence electrons. The number of fused-ring (bicyclic) bond motifs is 1. The van der Waals surface area contributed by atoms with Gasteiger partial charge in [0.1, 0.15) is 18.0 Å². The van der Waals surface area contributed by atoms with E-state index >= 15 is 0 Å². The first kappa shape index (κ1) is 37.3. The van der Waals surface area contributed by atoms with E-state index in [0.29, 0.717) is 12.8 Å². The van der Waals surface area contributed by atoms with Crippen LogP contribution in [-0.2, 0) is 42.9 Å². The van der Waals surface area contributed by atoms with E-state index in [1.54, 1.807) is 26.8 Å². The number of hydrogen-bond acceptors (Lipinski definition) is 11. The molecule has 0 aromatic heterocycles. The quantitative estimate of drug-likeness (QED) is 0.237. The molecule has 13 atom stereocenters. The zero-order valence-corrected chi connectivity index (χ0v) is 28.5. The van der Waals surface area contributed by atoms with E-state index in [2.05, 4.69) is 0 Å². The predicted molar refractivity (Wildman–Crippen MR) is 166 cm³/mol. The third-order valence-corrected chi connectivity index (χ3v) is 9.82. The van der Waals surface area contributed by atoms with Crippen molar-refractivity contribution in [1.82, 2.24) is 4.90 Å². The highest BCUT2D eigenvalue weighted by Gasteiger charge is 2.55. The van der Waals surface area contributed by atoms with Crippen LogP contribution in [0.1, 0.15) is 87.0 Å². The van der Waals surface area contributed by atoms with E-state index in [1.165, 1.54) is 6.08 Å². The van der Waals surface area contributed by atoms with Crippen LogP contribution in [-0.4, -0.2) is 103 Å². The first-order valence-corrected chi connectivity index (χ1v) is 16.5. The van der Waals surface area contributed by atoms with Gasteiger partial charge in [-0.05, 0) is 65.3 Å². The van der Waals surface area contributed by atoms with Crippen LogP contribution >= 0.6 is 0 Å². The summed E-state index contributed by atoms with van der Waals surface area (Å²) < 4.78 is 30.6. The highest BCUT2D eigenvalue weighted by molar-refractivity contribution is 5.91. The molecule has 2 fully saturated rings. The highest BCUT2D eigenvalue weighted by atomic mass is 16.7. The highest BCUT2D eigenvalue weighted by Crippen LogP contribution is 2.45. The minimum atomic E-state index is -1.19. The van der Waals surface area contributed by atoms with Crippen LogP contribution in [0, 0.1) is 23.7 Å². The molecule has 3 heterocycles. The van der Waals surface area contributed by atoms with Crippen molar-refractivity contribution in [3.05, 3.63) is 12.2 Å². The number of ether oxygens (including phenoxy) is 5. The largest absolute Gasteiger partial charge is 0.462 e. The lowest BCUT2D eigenvalue weighted by Gasteiger charge is -2.45. The topological polar surface area (TPSA) is 141 Å². The van der Waals surface area contributed by atoms with E-state index in [9.17, 15) is 24.3 Å². The number of rotatable bonds is 8. The molecule has 0 aliphatic carbocycles. The van der Waals surface area contributed by atoms with Gasteiger partial charge in [-0.15, -0.1) is 0 Å². The van der Waals surface area contributed by atoms with Crippen LogP contribution in [0.5, 0.6) is 0 Å². The number of epoxide rings is 1. The van der Waals surface area contributed by atoms with E-state index in [0.717, 1.165) is 6.29 Å². The molecule has 11 nitrogen and oxygen atoms in total. The minimum Gasteiger partial charge on any atom is -0.462 e. The fraction of sp³-hybridized carbons (Fsp3) is 0.824. The molecule has 0 saturated carbocycles. The number of aliphatic hydroxyl groups excluding tert-OH is 1. The Morgan fingerprint density at radius 3 is 2.40 bits per heavy atom. The SMILES string of the molecule is CCC(=O)O[C@H]1[C@H](OC2C(CC=O)CC(C)C(=O)/C=C/C3(C)OC3C(C)C(CC)OC(=O)CC(O)C2C)O[C@H](C)C[C@@H]1N(C)C. The number of aldehydes is 1. The van der Waals surface area contributed by atoms with Crippen LogP contribution in [0.2, 0.25) is 0 Å². The van der Waals surface area contributed by atoms with Gasteiger partial charge in [0, 0.05) is 30.6 Å². The number of carbonyl (C=O) groups is 4. The van der Waals surface area contributed by atoms with Crippen molar-refractivity contribution in [3.63, 3.8) is 0 Å². The standard InChI is InChI=1S/C34H55NO10/c1-10-27-22(6)32-34(7,45-32)14-12-25(37)19(3)16-23(13-15-36)30(21(5)26(38)18-29(40)42-27)44-33-31(43-28(39)11-2)24(35(8)9)17-20(4)41-33/h12,14-15,19-24,26-27,30-33,38H,10-11,13,16-18H2,1-9H3/b14-12+/t19?,20-,21?,22?,23?,24+,26?,27?,30?,31-,32?,33+,34?/m1/s1. The summed E-state index contributed by atoms with van der Waals surface area (Å²) >= 11 is 0. The number of likely N-dealkylation sites (N-methyl/N-ethyl adjacent to an activating group) is 1. The predicted octanol–water partition coefficient (Wildman–Crippen LogP) is 3.63. The number of esters is 2. The summed E-state index contributed by atoms with van der Waals surface area (Å²) in [5.41, 5.74) is -0.656. The minimum absolute atomic E-state index is 0.0463. The van der Waals surface area contributed by atoms with Gasteiger partial charge < -0.3 is 38.5 Å². The second-order valence-corrected chi connectivity index (χ2v) is 13.7. The number of aliphatic hydroxyl groups is 1. The average molecular weight is 638 g/mol. The van der Waals surface area contributed by atoms with Crippen molar-refractivity contribution in [2.75, 3.05) is 14.1 Å². The van der Waals surface area contributed by atoms with Crippen molar-refractivity contribution < 1.29 is 48.0 Å². The monoisotopic (exact) mass is 637 g/mol. The molecule has 0 radical (unpaired) electrons. The second-order valence-electron chi connectivity index (χ2n) is 13.7. The lowest BCUT2D eigenvalue weighted by atomic mass is 9.79. The van der Waals surface area contributed by atoms with Crippen LogP contribution in [0.4, 0.5) is 0 Å². The molecule has 1 N–H and O–H groups in total. The van der Waals surface area contributed by atoms with Crippen LogP contribution in [0.3, 0.4) is 0 Å². The summed E-state index contributed by atoms with van der Waals surface area (Å²) in [6.45, 7) is 13.0. The lowest BCUT2D eigenvalue weighted by Crippen LogP contribution is -2.57. The number of carbonyl (C=O) groups excluding carboxylic acids is 4. The Morgan fingerprint density at radius 2 is 1.80 bits per heavy atom. The third kappa shape index (κ3) is 9.44. The molecule has 2 saturated heterocycles. The average Bonchev–Trinajstić information content (AvgIpc) is 3.67. The Labute approximate surface area is 268 Å². The van der Waals surface area contributed by atoms with Crippen molar-refractivity contribution in [2.45, 2.75) is 142 Å². The van der Waals surface area contributed by atoms with E-state index in [-0.39, 0.29) is 55.6 Å². The van der Waals surface area contributed by atoms with Crippen LogP contribution < -0.4 is 0 Å². The summed E-state index contributed by atoms with van der Waals surface area (Å²) in [5, 5.41) is 11.4. The molecule has 3 aliphatic heterocycles. The van der Waals surface area contributed by atoms with Gasteiger partial charge in [-0.3, -0.25) is 14.4 Å². The normalized spacial score (nSPS) is 42.4. The summed E-state index contributed by atoms with van der Waals surface area (Å²) in [6.07, 6.45) is 0.746. The zero-order chi connectivity index (χ0) is 33.6. The maximum absolute atomic E-state index is 13.3. The van der Waals surface area contributed by atoms with Gasteiger partial charge in [-0.2, -0.15) is 0 Å². The fourth-order valence-electron chi connectivity index (χ4n) is 6.84. The maximum Gasteiger partial charge on any atom is 0.308 e. The van der Waals surface area contributed by atoms with Gasteiger partial charge in [0.25, 0.3) is 0 Å². The van der Waals surface area contributed by atoms with Gasteiger partial charge in [0.05, 0.1) is 36.9 Å². The molecule has 0 spiro atoms. The smallest absolute Gasteiger partial charge is 0.308 e. The molecule has 0 bridgehead atoms. The summed E-state index contributed by atoms with van der Waals surface area (Å²) in [5.74, 6) is -2.87. The van der Waals surface area contributed by atoms with Gasteiger partial charge in [0.15, 0.2) is 18.2 Å². The molecule has 0 aromatic rings. The second kappa shape index (κ2) is 16.1. The Bertz CT molecular complexity index is 1060. The molecule has 11 heteroatoms. The van der Waals surface area contributed by atoms with Gasteiger partial charge in [-0.1, -0.05) is 34.6 Å². The van der Waals surface area contributed by atoms with Gasteiger partial charge in [-0.25, -0.2) is 0 Å². The Morgan fingerprint density at radius 1 is 1.11 bits per heavy atom. The summed E-state index contributed by atoms with van der Waals surface area (Å²) in [6, 6.07) is -0.214. The van der Waals surface area contributed by atoms with E-state index in [1.807, 2.05) is 46.7 Å². The number of allylic oxidation sites excluding steroid dienone is 1. The zero-order valence-electron chi connectivity index (χ0n) is 28.5. The Balaban J connectivity index is 2.01. The first-order valence-electron chi connectivity index (χ1n) is 16.5. The lowest BCUT2D eigenvalue weighted by molar-refractivity contribution is -0.286. The van der Waals surface area contributed by atoms with Crippen LogP contribution in [0.15, 0.2) is 12.2 Å². The van der Waals surface area contributed by atoms with Crippen molar-refractivity contribution in [1.29, 1.82) is 0 Å². The number of cyclic esters (lactones) is 1. The number of ketones is 1. The van der Waals surface area contributed by atoms with Crippen molar-refractivity contribution >= 4 is 24.0 Å². The van der Waals surface area contributed by atoms with E-state index < -0.39 is 66.0 Å². The van der Waals surface area contributed by atoms with Crippen molar-refractivity contribution in [3.8, 4) is 0 Å². The first-order chi connectivity index (χ1) is 21.1. The molecular formula is C34H55NO10. The molecule has 0 aromatic carbocycles. The molecule has 3 aliphatic rings. The van der Waals surface area contributed by atoms with E-state index in [4.69, 9.17) is 23.7 Å². The molecule has 3 rings (SSSR count). The number of nitrogens with zero attached hydrogens (tertiary/aromatic N) is 1. The molecule has 0 amide bonds. The molecular weight excluding hydrogens is 582 g/mol.